The van der Waals surface area contributed by atoms with Gasteiger partial charge in [0.05, 0.1) is 21.9 Å². The Hall–Kier alpha value is -2.64. The molecule has 0 amide bonds. The number of rotatable bonds is 4. The lowest BCUT2D eigenvalue weighted by Gasteiger charge is -2.32. The van der Waals surface area contributed by atoms with Crippen LogP contribution < -0.4 is 10.8 Å². The average Bonchev–Trinajstić information content (AvgIpc) is 3.02. The molecule has 5 nitrogen and oxygen atoms in total. The third kappa shape index (κ3) is 3.95. The zero-order chi connectivity index (χ0) is 24.1. The quantitative estimate of drug-likeness (QED) is 0.324. The van der Waals surface area contributed by atoms with E-state index in [1.54, 1.807) is 12.4 Å². The summed E-state index contributed by atoms with van der Waals surface area (Å²) in [5.74, 6) is 0.634. The maximum absolute atomic E-state index is 6.91. The van der Waals surface area contributed by atoms with Crippen molar-refractivity contribution in [3.05, 3.63) is 77.0 Å². The topological polar surface area (TPSA) is 56.3 Å². The normalized spacial score (nSPS) is 16.7. The van der Waals surface area contributed by atoms with Crippen LogP contribution in [0.15, 0.2) is 67.0 Å². The molecule has 0 saturated carbocycles. The van der Waals surface area contributed by atoms with Crippen LogP contribution in [0.25, 0.3) is 22.0 Å². The van der Waals surface area contributed by atoms with E-state index in [2.05, 4.69) is 15.3 Å². The van der Waals surface area contributed by atoms with Gasteiger partial charge in [-0.15, -0.1) is 0 Å². The van der Waals surface area contributed by atoms with Gasteiger partial charge in [0.25, 0.3) is 0 Å². The standard InChI is InChI=1S/C26H24BCl2N3O2/c1-25(2)26(3,4)34-27(33-25)19-11-5-9-17(21(19)28)18-10-6-12-20(22(18)29)32-24-23-16(13-15-31-24)8-7-14-30-23/h5-15H,1-4H3,(H,31,32). The molecule has 2 aromatic heterocycles. The number of benzene rings is 2. The van der Waals surface area contributed by atoms with Gasteiger partial charge in [0.1, 0.15) is 5.52 Å². The van der Waals surface area contributed by atoms with Crippen molar-refractivity contribution in [3.63, 3.8) is 0 Å². The smallest absolute Gasteiger partial charge is 0.399 e. The number of pyridine rings is 2. The van der Waals surface area contributed by atoms with E-state index in [1.807, 2.05) is 82.3 Å². The molecule has 1 fully saturated rings. The van der Waals surface area contributed by atoms with Crippen molar-refractivity contribution >= 4 is 58.2 Å². The van der Waals surface area contributed by atoms with Gasteiger partial charge in [0.15, 0.2) is 5.82 Å². The summed E-state index contributed by atoms with van der Waals surface area (Å²) in [7, 11) is -0.566. The highest BCUT2D eigenvalue weighted by Gasteiger charge is 2.52. The minimum Gasteiger partial charge on any atom is -0.399 e. The lowest BCUT2D eigenvalue weighted by atomic mass is 9.77. The summed E-state index contributed by atoms with van der Waals surface area (Å²) in [6.07, 6.45) is 3.49. The first-order valence-electron chi connectivity index (χ1n) is 11.1. The summed E-state index contributed by atoms with van der Waals surface area (Å²) in [6, 6.07) is 17.4. The Morgan fingerprint density at radius 2 is 1.44 bits per heavy atom. The maximum Gasteiger partial charge on any atom is 0.496 e. The number of hydrogen-bond donors (Lipinski definition) is 1. The molecule has 5 rings (SSSR count). The lowest BCUT2D eigenvalue weighted by Crippen LogP contribution is -2.41. The Balaban J connectivity index is 1.52. The predicted molar refractivity (Wildman–Crippen MR) is 140 cm³/mol. The van der Waals surface area contributed by atoms with Gasteiger partial charge < -0.3 is 14.6 Å². The van der Waals surface area contributed by atoms with Crippen molar-refractivity contribution in [1.29, 1.82) is 0 Å². The Labute approximate surface area is 209 Å². The molecule has 0 atom stereocenters. The summed E-state index contributed by atoms with van der Waals surface area (Å²) in [5.41, 5.74) is 2.92. The van der Waals surface area contributed by atoms with E-state index < -0.39 is 18.3 Å². The molecule has 3 heterocycles. The monoisotopic (exact) mass is 491 g/mol. The molecule has 1 saturated heterocycles. The zero-order valence-corrected chi connectivity index (χ0v) is 20.9. The second-order valence-corrected chi connectivity index (χ2v) is 10.1. The van der Waals surface area contributed by atoms with Crippen molar-refractivity contribution in [2.75, 3.05) is 5.32 Å². The number of aromatic nitrogens is 2. The van der Waals surface area contributed by atoms with Crippen LogP contribution in [0, 0.1) is 0 Å². The van der Waals surface area contributed by atoms with E-state index in [1.165, 1.54) is 0 Å². The second-order valence-electron chi connectivity index (χ2n) is 9.32. The van der Waals surface area contributed by atoms with Crippen LogP contribution in [0.3, 0.4) is 0 Å². The van der Waals surface area contributed by atoms with Gasteiger partial charge in [-0.25, -0.2) is 4.98 Å². The van der Waals surface area contributed by atoms with Crippen LogP contribution in [0.2, 0.25) is 10.0 Å². The van der Waals surface area contributed by atoms with Gasteiger partial charge in [0, 0.05) is 39.4 Å². The van der Waals surface area contributed by atoms with Crippen LogP contribution in [0.1, 0.15) is 27.7 Å². The highest BCUT2D eigenvalue weighted by Crippen LogP contribution is 2.40. The fraction of sp³-hybridized carbons (Fsp3) is 0.231. The van der Waals surface area contributed by atoms with E-state index >= 15 is 0 Å². The number of hydrogen-bond acceptors (Lipinski definition) is 5. The molecule has 0 aliphatic carbocycles. The van der Waals surface area contributed by atoms with Crippen LogP contribution >= 0.6 is 23.2 Å². The van der Waals surface area contributed by atoms with Gasteiger partial charge >= 0.3 is 7.12 Å². The van der Waals surface area contributed by atoms with E-state index in [4.69, 9.17) is 32.5 Å². The molecule has 172 valence electrons. The average molecular weight is 492 g/mol. The first-order chi connectivity index (χ1) is 16.2. The fourth-order valence-electron chi connectivity index (χ4n) is 3.97. The van der Waals surface area contributed by atoms with Gasteiger partial charge in [0.2, 0.25) is 0 Å². The molecule has 0 bridgehead atoms. The number of nitrogens with one attached hydrogen (secondary N) is 1. The first kappa shape index (κ1) is 23.1. The Morgan fingerprint density at radius 3 is 2.18 bits per heavy atom. The molecule has 0 radical (unpaired) electrons. The van der Waals surface area contributed by atoms with Gasteiger partial charge in [-0.3, -0.25) is 4.98 Å². The van der Waals surface area contributed by atoms with Crippen LogP contribution in [-0.4, -0.2) is 28.3 Å². The van der Waals surface area contributed by atoms with E-state index in [9.17, 15) is 0 Å². The third-order valence-electron chi connectivity index (χ3n) is 6.60. The highest BCUT2D eigenvalue weighted by atomic mass is 35.5. The van der Waals surface area contributed by atoms with Crippen molar-refractivity contribution in [3.8, 4) is 11.1 Å². The summed E-state index contributed by atoms with van der Waals surface area (Å²) >= 11 is 13.8. The number of halogens is 2. The molecule has 1 aliphatic rings. The van der Waals surface area contributed by atoms with Gasteiger partial charge in [-0.05, 0) is 45.9 Å². The fourth-order valence-corrected chi connectivity index (χ4v) is 4.56. The third-order valence-corrected chi connectivity index (χ3v) is 7.43. The second kappa shape index (κ2) is 8.54. The van der Waals surface area contributed by atoms with Crippen molar-refractivity contribution < 1.29 is 9.31 Å². The minimum atomic E-state index is -0.566. The van der Waals surface area contributed by atoms with E-state index in [0.29, 0.717) is 21.6 Å². The molecule has 4 aromatic rings. The summed E-state index contributed by atoms with van der Waals surface area (Å²) in [5, 5.41) is 5.41. The molecular weight excluding hydrogens is 468 g/mol. The summed E-state index contributed by atoms with van der Waals surface area (Å²) in [4.78, 5) is 8.93. The van der Waals surface area contributed by atoms with Gasteiger partial charge in [-0.1, -0.05) is 59.6 Å². The Kier molecular flexibility index (Phi) is 5.81. The molecule has 0 unspecified atom stereocenters. The van der Waals surface area contributed by atoms with Crippen molar-refractivity contribution in [1.82, 2.24) is 9.97 Å². The zero-order valence-electron chi connectivity index (χ0n) is 19.4. The predicted octanol–water partition coefficient (Wildman–Crippen LogP) is 6.65. The minimum absolute atomic E-state index is 0.460. The number of nitrogens with zero attached hydrogens (tertiary/aromatic N) is 2. The molecule has 8 heteroatoms. The Bertz CT molecular complexity index is 1370. The van der Waals surface area contributed by atoms with Gasteiger partial charge in [-0.2, -0.15) is 0 Å². The molecular formula is C26H24BCl2N3O2. The maximum atomic E-state index is 6.91. The first-order valence-corrected chi connectivity index (χ1v) is 11.8. The Morgan fingerprint density at radius 1 is 0.765 bits per heavy atom. The highest BCUT2D eigenvalue weighted by molar-refractivity contribution is 6.66. The lowest BCUT2D eigenvalue weighted by molar-refractivity contribution is 0.00578. The van der Waals surface area contributed by atoms with E-state index in [-0.39, 0.29) is 0 Å². The number of fused-ring (bicyclic) bond motifs is 1. The molecule has 2 aromatic carbocycles. The summed E-state index contributed by atoms with van der Waals surface area (Å²) < 4.78 is 12.5. The largest absolute Gasteiger partial charge is 0.496 e. The molecule has 1 N–H and O–H groups in total. The molecule has 34 heavy (non-hydrogen) atoms. The van der Waals surface area contributed by atoms with Crippen molar-refractivity contribution in [2.24, 2.45) is 0 Å². The molecule has 1 aliphatic heterocycles. The summed E-state index contributed by atoms with van der Waals surface area (Å²) in [6.45, 7) is 8.08. The SMILES string of the molecule is CC1(C)OB(c2cccc(-c3cccc(Nc4nccc5cccnc45)c3Cl)c2Cl)OC1(C)C. The van der Waals surface area contributed by atoms with E-state index in [0.717, 1.165) is 27.5 Å². The van der Waals surface area contributed by atoms with Crippen LogP contribution in [0.4, 0.5) is 11.5 Å². The number of anilines is 2. The molecule has 0 spiro atoms. The van der Waals surface area contributed by atoms with Crippen LogP contribution in [0.5, 0.6) is 0 Å². The van der Waals surface area contributed by atoms with Crippen molar-refractivity contribution in [2.45, 2.75) is 38.9 Å². The van der Waals surface area contributed by atoms with Crippen LogP contribution in [-0.2, 0) is 9.31 Å².